The fourth-order valence-corrected chi connectivity index (χ4v) is 5.30. The number of halogens is 1. The van der Waals surface area contributed by atoms with Crippen molar-refractivity contribution in [3.05, 3.63) is 83.4 Å². The molecule has 1 aromatic carbocycles. The molecule has 5 rings (SSSR count). The summed E-state index contributed by atoms with van der Waals surface area (Å²) in [5, 5.41) is 2.51. The molecule has 0 aliphatic carbocycles. The minimum atomic E-state index is 0.00585. The molecule has 190 valence electrons. The van der Waals surface area contributed by atoms with E-state index in [1.54, 1.807) is 18.3 Å². The molecular weight excluding hydrogens is 484 g/mol. The maximum atomic E-state index is 13.0. The van der Waals surface area contributed by atoms with Crippen molar-refractivity contribution >= 4 is 45.5 Å². The van der Waals surface area contributed by atoms with Crippen LogP contribution in [0.25, 0.3) is 10.8 Å². The number of Topliss-reactive ketones (excluding diaryl/α,β-unsaturated/α-hetero) is 1. The molecule has 3 aromatic heterocycles. The number of fused-ring (bicyclic) bond motifs is 1. The van der Waals surface area contributed by atoms with Gasteiger partial charge in [-0.1, -0.05) is 29.8 Å². The molecule has 1 aliphatic rings. The second kappa shape index (κ2) is 11.1. The molecule has 1 aliphatic heterocycles. The molecule has 4 heterocycles. The smallest absolute Gasteiger partial charge is 0.181 e. The Morgan fingerprint density at radius 3 is 2.65 bits per heavy atom. The van der Waals surface area contributed by atoms with Crippen LogP contribution in [0.1, 0.15) is 35.3 Å². The number of benzene rings is 1. The highest BCUT2D eigenvalue weighted by atomic mass is 35.5. The summed E-state index contributed by atoms with van der Waals surface area (Å²) < 4.78 is 0. The average molecular weight is 515 g/mol. The monoisotopic (exact) mass is 514 g/mol. The van der Waals surface area contributed by atoms with Crippen molar-refractivity contribution in [3.63, 3.8) is 0 Å². The van der Waals surface area contributed by atoms with Gasteiger partial charge in [0.25, 0.3) is 0 Å². The summed E-state index contributed by atoms with van der Waals surface area (Å²) in [6, 6.07) is 15.6. The summed E-state index contributed by atoms with van der Waals surface area (Å²) in [4.78, 5) is 30.4. The number of pyridine rings is 3. The third-order valence-electron chi connectivity index (χ3n) is 7.15. The molecule has 0 amide bonds. The van der Waals surface area contributed by atoms with E-state index in [0.717, 1.165) is 48.8 Å². The number of aromatic nitrogens is 3. The number of piperidine rings is 1. The largest absolute Gasteiger partial charge is 0.383 e. The summed E-state index contributed by atoms with van der Waals surface area (Å²) in [7, 11) is 2.01. The van der Waals surface area contributed by atoms with Crippen molar-refractivity contribution in [3.8, 4) is 0 Å². The Morgan fingerprint density at radius 1 is 1.08 bits per heavy atom. The molecule has 0 spiro atoms. The number of nitrogens with zero attached hydrogens (tertiary/aromatic N) is 5. The van der Waals surface area contributed by atoms with Crippen LogP contribution in [0.4, 0.5) is 17.3 Å². The van der Waals surface area contributed by atoms with E-state index in [4.69, 9.17) is 17.3 Å². The highest BCUT2D eigenvalue weighted by Gasteiger charge is 2.22. The zero-order chi connectivity index (χ0) is 25.8. The summed E-state index contributed by atoms with van der Waals surface area (Å²) in [6.45, 7) is 2.88. The molecule has 0 saturated carbocycles. The maximum Gasteiger partial charge on any atom is 0.181 e. The quantitative estimate of drug-likeness (QED) is 0.314. The first kappa shape index (κ1) is 25.0. The van der Waals surface area contributed by atoms with Gasteiger partial charge in [-0.2, -0.15) is 0 Å². The van der Waals surface area contributed by atoms with E-state index in [0.29, 0.717) is 41.1 Å². The van der Waals surface area contributed by atoms with E-state index in [1.165, 1.54) is 5.69 Å². The van der Waals surface area contributed by atoms with Gasteiger partial charge in [-0.3, -0.25) is 9.78 Å². The van der Waals surface area contributed by atoms with Crippen LogP contribution in [-0.4, -0.2) is 47.4 Å². The molecule has 8 heteroatoms. The predicted octanol–water partition coefficient (Wildman–Crippen LogP) is 5.43. The van der Waals surface area contributed by atoms with Gasteiger partial charge < -0.3 is 15.5 Å². The molecule has 0 atom stereocenters. The lowest BCUT2D eigenvalue weighted by Crippen LogP contribution is -2.38. The third kappa shape index (κ3) is 5.83. The number of nitrogen functional groups attached to an aromatic ring is 1. The fourth-order valence-electron chi connectivity index (χ4n) is 5.05. The molecule has 1 saturated heterocycles. The highest BCUT2D eigenvalue weighted by molar-refractivity contribution is 6.33. The molecule has 0 bridgehead atoms. The van der Waals surface area contributed by atoms with Crippen molar-refractivity contribution in [2.45, 2.75) is 25.7 Å². The van der Waals surface area contributed by atoms with E-state index in [1.807, 2.05) is 37.6 Å². The number of rotatable bonds is 8. The zero-order valence-corrected chi connectivity index (χ0v) is 21.7. The number of anilines is 3. The Kier molecular flexibility index (Phi) is 7.51. The first-order valence-electron chi connectivity index (χ1n) is 12.7. The van der Waals surface area contributed by atoms with Gasteiger partial charge in [0, 0.05) is 62.8 Å². The zero-order valence-electron chi connectivity index (χ0n) is 21.0. The maximum absolute atomic E-state index is 13.0. The van der Waals surface area contributed by atoms with Gasteiger partial charge in [0.2, 0.25) is 0 Å². The standard InChI is InChI=1S/C29H31ClN6O/c1-35(19-21-11-16-36(17-12-21)23-9-13-32-14-10-23)29-25(30)5-6-26(34-29)27(37)7-3-20-2-4-24-22(18-20)8-15-33-28(24)31/h2,4-6,8-10,13-15,18,21H,3,7,11-12,16-17,19H2,1H3,(H2,31,33). The Hall–Kier alpha value is -3.71. The lowest BCUT2D eigenvalue weighted by molar-refractivity contribution is 0.0978. The van der Waals surface area contributed by atoms with E-state index >= 15 is 0 Å². The summed E-state index contributed by atoms with van der Waals surface area (Å²) in [5.41, 5.74) is 8.71. The van der Waals surface area contributed by atoms with Crippen LogP contribution < -0.4 is 15.5 Å². The first-order valence-corrected chi connectivity index (χ1v) is 13.0. The molecule has 2 N–H and O–H groups in total. The number of carbonyl (C=O) groups excluding carboxylic acids is 1. The molecule has 4 aromatic rings. The summed E-state index contributed by atoms with van der Waals surface area (Å²) in [6.07, 6.45) is 8.57. The number of nitrogens with two attached hydrogens (primary N) is 1. The van der Waals surface area contributed by atoms with Crippen molar-refractivity contribution < 1.29 is 4.79 Å². The van der Waals surface area contributed by atoms with E-state index in [-0.39, 0.29) is 5.78 Å². The molecule has 0 radical (unpaired) electrons. The topological polar surface area (TPSA) is 88.2 Å². The van der Waals surface area contributed by atoms with Crippen molar-refractivity contribution in [1.82, 2.24) is 15.0 Å². The number of hydrogen-bond donors (Lipinski definition) is 1. The van der Waals surface area contributed by atoms with Crippen LogP contribution in [0.3, 0.4) is 0 Å². The third-order valence-corrected chi connectivity index (χ3v) is 7.44. The van der Waals surface area contributed by atoms with Gasteiger partial charge in [0.1, 0.15) is 17.3 Å². The van der Waals surface area contributed by atoms with Gasteiger partial charge in [-0.25, -0.2) is 9.97 Å². The fraction of sp³-hybridized carbons (Fsp3) is 0.310. The molecule has 1 fully saturated rings. The highest BCUT2D eigenvalue weighted by Crippen LogP contribution is 2.28. The van der Waals surface area contributed by atoms with Crippen molar-refractivity contribution in [2.24, 2.45) is 5.92 Å². The second-order valence-corrected chi connectivity index (χ2v) is 10.1. The van der Waals surface area contributed by atoms with Gasteiger partial charge >= 0.3 is 0 Å². The summed E-state index contributed by atoms with van der Waals surface area (Å²) >= 11 is 6.51. The van der Waals surface area contributed by atoms with E-state index in [9.17, 15) is 4.79 Å². The molecule has 37 heavy (non-hydrogen) atoms. The number of aryl methyl sites for hydroxylation is 1. The Morgan fingerprint density at radius 2 is 1.86 bits per heavy atom. The Labute approximate surface area is 222 Å². The van der Waals surface area contributed by atoms with Gasteiger partial charge in [-0.15, -0.1) is 0 Å². The van der Waals surface area contributed by atoms with Crippen LogP contribution in [0.2, 0.25) is 5.02 Å². The SMILES string of the molecule is CN(CC1CCN(c2ccncc2)CC1)c1nc(C(=O)CCc2ccc3c(N)nccc3c2)ccc1Cl. The number of carbonyl (C=O) groups is 1. The lowest BCUT2D eigenvalue weighted by Gasteiger charge is -2.35. The molecule has 7 nitrogen and oxygen atoms in total. The van der Waals surface area contributed by atoms with Crippen LogP contribution in [-0.2, 0) is 6.42 Å². The first-order chi connectivity index (χ1) is 18.0. The predicted molar refractivity (Wildman–Crippen MR) is 150 cm³/mol. The minimum absolute atomic E-state index is 0.00585. The van der Waals surface area contributed by atoms with Gasteiger partial charge in [0.05, 0.1) is 5.02 Å². The van der Waals surface area contributed by atoms with Crippen LogP contribution in [0.5, 0.6) is 0 Å². The van der Waals surface area contributed by atoms with Crippen LogP contribution >= 0.6 is 11.6 Å². The van der Waals surface area contributed by atoms with Crippen molar-refractivity contribution in [2.75, 3.05) is 42.2 Å². The van der Waals surface area contributed by atoms with Gasteiger partial charge in [-0.05, 0) is 66.5 Å². The molecule has 0 unspecified atom stereocenters. The van der Waals surface area contributed by atoms with E-state index in [2.05, 4.69) is 43.0 Å². The Bertz CT molecular complexity index is 1390. The lowest BCUT2D eigenvalue weighted by atomic mass is 9.96. The van der Waals surface area contributed by atoms with Crippen LogP contribution in [0, 0.1) is 5.92 Å². The van der Waals surface area contributed by atoms with E-state index < -0.39 is 0 Å². The number of ketones is 1. The number of hydrogen-bond acceptors (Lipinski definition) is 7. The summed E-state index contributed by atoms with van der Waals surface area (Å²) in [5.74, 6) is 1.72. The minimum Gasteiger partial charge on any atom is -0.383 e. The second-order valence-electron chi connectivity index (χ2n) is 9.69. The van der Waals surface area contributed by atoms with Gasteiger partial charge in [0.15, 0.2) is 5.78 Å². The normalized spacial score (nSPS) is 14.2. The molecular formula is C29H31ClN6O. The van der Waals surface area contributed by atoms with Crippen molar-refractivity contribution in [1.29, 1.82) is 0 Å². The Balaban J connectivity index is 1.19. The average Bonchev–Trinajstić information content (AvgIpc) is 2.93. The van der Waals surface area contributed by atoms with Crippen LogP contribution in [0.15, 0.2) is 67.1 Å².